The molecule has 1 N–H and O–H groups in total. The van der Waals surface area contributed by atoms with Crippen molar-refractivity contribution in [3.8, 4) is 5.75 Å². The van der Waals surface area contributed by atoms with Gasteiger partial charge in [-0.2, -0.15) is 0 Å². The van der Waals surface area contributed by atoms with Crippen molar-refractivity contribution in [2.75, 3.05) is 12.4 Å². The van der Waals surface area contributed by atoms with Crippen LogP contribution in [0.5, 0.6) is 5.75 Å². The van der Waals surface area contributed by atoms with Gasteiger partial charge in [-0.15, -0.1) is 11.6 Å². The largest absolute Gasteiger partial charge is 0.497 e. The summed E-state index contributed by atoms with van der Waals surface area (Å²) in [5, 5.41) is 2.82. The van der Waals surface area contributed by atoms with E-state index in [0.717, 1.165) is 17.0 Å². The summed E-state index contributed by atoms with van der Waals surface area (Å²) in [6, 6.07) is 14.4. The number of ether oxygens (including phenoxy) is 1. The number of amides is 1. The maximum Gasteiger partial charge on any atom is 0.255 e. The van der Waals surface area contributed by atoms with E-state index in [0.29, 0.717) is 11.4 Å². The monoisotopic (exact) mass is 275 g/mol. The molecule has 2 aromatic rings. The molecule has 3 nitrogen and oxygen atoms in total. The van der Waals surface area contributed by atoms with E-state index in [-0.39, 0.29) is 5.91 Å². The summed E-state index contributed by atoms with van der Waals surface area (Å²) in [4.78, 5) is 12.0. The summed E-state index contributed by atoms with van der Waals surface area (Å²) >= 11 is 5.70. The van der Waals surface area contributed by atoms with Gasteiger partial charge in [0.05, 0.1) is 7.11 Å². The van der Waals surface area contributed by atoms with Crippen LogP contribution < -0.4 is 10.1 Å². The van der Waals surface area contributed by atoms with Crippen LogP contribution in [0.4, 0.5) is 5.69 Å². The average molecular weight is 276 g/mol. The number of alkyl halides is 1. The van der Waals surface area contributed by atoms with Crippen molar-refractivity contribution in [1.82, 2.24) is 0 Å². The molecule has 0 saturated heterocycles. The van der Waals surface area contributed by atoms with Crippen LogP contribution in [-0.2, 0) is 5.88 Å². The van der Waals surface area contributed by atoms with Gasteiger partial charge in [-0.05, 0) is 42.0 Å². The summed E-state index contributed by atoms with van der Waals surface area (Å²) in [5.74, 6) is 1.05. The number of benzene rings is 2. The second-order valence-corrected chi connectivity index (χ2v) is 4.28. The lowest BCUT2D eigenvalue weighted by atomic mass is 10.1. The lowest BCUT2D eigenvalue weighted by Crippen LogP contribution is -2.11. The highest BCUT2D eigenvalue weighted by atomic mass is 35.5. The number of carbonyl (C=O) groups is 1. The summed E-state index contributed by atoms with van der Waals surface area (Å²) in [7, 11) is 1.60. The van der Waals surface area contributed by atoms with Crippen LogP contribution in [0, 0.1) is 0 Å². The van der Waals surface area contributed by atoms with Gasteiger partial charge in [-0.3, -0.25) is 4.79 Å². The molecule has 0 spiro atoms. The quantitative estimate of drug-likeness (QED) is 0.865. The molecule has 0 aliphatic heterocycles. The molecular weight excluding hydrogens is 262 g/mol. The summed E-state index contributed by atoms with van der Waals surface area (Å²) in [6.07, 6.45) is 0. The molecular formula is C15H14ClNO2. The van der Waals surface area contributed by atoms with E-state index in [1.54, 1.807) is 43.5 Å². The lowest BCUT2D eigenvalue weighted by Gasteiger charge is -2.06. The highest BCUT2D eigenvalue weighted by Crippen LogP contribution is 2.16. The molecule has 0 aliphatic carbocycles. The predicted octanol–water partition coefficient (Wildman–Crippen LogP) is 3.69. The van der Waals surface area contributed by atoms with Gasteiger partial charge in [-0.1, -0.05) is 12.1 Å². The fraction of sp³-hybridized carbons (Fsp3) is 0.133. The van der Waals surface area contributed by atoms with Crippen molar-refractivity contribution in [2.24, 2.45) is 0 Å². The van der Waals surface area contributed by atoms with Crippen LogP contribution in [0.1, 0.15) is 15.9 Å². The van der Waals surface area contributed by atoms with E-state index in [9.17, 15) is 4.79 Å². The molecule has 0 heterocycles. The van der Waals surface area contributed by atoms with Gasteiger partial charge < -0.3 is 10.1 Å². The Morgan fingerprint density at radius 2 is 1.74 bits per heavy atom. The summed E-state index contributed by atoms with van der Waals surface area (Å²) in [5.41, 5.74) is 2.32. The number of hydrogen-bond acceptors (Lipinski definition) is 2. The Balaban J connectivity index is 2.06. The van der Waals surface area contributed by atoms with Crippen molar-refractivity contribution >= 4 is 23.2 Å². The zero-order valence-electron chi connectivity index (χ0n) is 10.5. The molecule has 2 rings (SSSR count). The third-order valence-electron chi connectivity index (χ3n) is 2.72. The summed E-state index contributed by atoms with van der Waals surface area (Å²) in [6.45, 7) is 0. The molecule has 0 atom stereocenters. The van der Waals surface area contributed by atoms with Crippen molar-refractivity contribution in [3.63, 3.8) is 0 Å². The minimum atomic E-state index is -0.147. The van der Waals surface area contributed by atoms with E-state index >= 15 is 0 Å². The lowest BCUT2D eigenvalue weighted by molar-refractivity contribution is 0.102. The van der Waals surface area contributed by atoms with Crippen LogP contribution in [0.25, 0.3) is 0 Å². The fourth-order valence-corrected chi connectivity index (χ4v) is 1.80. The minimum Gasteiger partial charge on any atom is -0.497 e. The predicted molar refractivity (Wildman–Crippen MR) is 76.9 cm³/mol. The van der Waals surface area contributed by atoms with Crippen LogP contribution in [-0.4, -0.2) is 13.0 Å². The molecule has 4 heteroatoms. The Hall–Kier alpha value is -2.00. The normalized spacial score (nSPS) is 10.0. The Morgan fingerprint density at radius 3 is 2.26 bits per heavy atom. The van der Waals surface area contributed by atoms with Crippen molar-refractivity contribution in [3.05, 3.63) is 59.7 Å². The van der Waals surface area contributed by atoms with Gasteiger partial charge in [-0.25, -0.2) is 0 Å². The number of carbonyl (C=O) groups excluding carboxylic acids is 1. The van der Waals surface area contributed by atoms with E-state index in [2.05, 4.69) is 5.32 Å². The third kappa shape index (κ3) is 3.48. The zero-order valence-corrected chi connectivity index (χ0v) is 11.3. The molecule has 1 amide bonds. The highest BCUT2D eigenvalue weighted by Gasteiger charge is 2.05. The van der Waals surface area contributed by atoms with Gasteiger partial charge in [0, 0.05) is 17.1 Å². The van der Waals surface area contributed by atoms with Gasteiger partial charge in [0.15, 0.2) is 0 Å². The fourth-order valence-electron chi connectivity index (χ4n) is 1.62. The van der Waals surface area contributed by atoms with Gasteiger partial charge in [0.25, 0.3) is 5.91 Å². The Bertz CT molecular complexity index is 549. The molecule has 0 fully saturated rings. The first-order valence-corrected chi connectivity index (χ1v) is 6.36. The number of nitrogens with one attached hydrogen (secondary N) is 1. The number of halogens is 1. The molecule has 19 heavy (non-hydrogen) atoms. The topological polar surface area (TPSA) is 38.3 Å². The molecule has 98 valence electrons. The third-order valence-corrected chi connectivity index (χ3v) is 3.03. The Labute approximate surface area is 117 Å². The maximum atomic E-state index is 12.0. The van der Waals surface area contributed by atoms with Crippen LogP contribution >= 0.6 is 11.6 Å². The summed E-state index contributed by atoms with van der Waals surface area (Å²) < 4.78 is 5.06. The molecule has 0 aromatic heterocycles. The van der Waals surface area contributed by atoms with E-state index in [1.165, 1.54) is 0 Å². The van der Waals surface area contributed by atoms with Crippen molar-refractivity contribution in [1.29, 1.82) is 0 Å². The smallest absolute Gasteiger partial charge is 0.255 e. The maximum absolute atomic E-state index is 12.0. The van der Waals surface area contributed by atoms with Crippen LogP contribution in [0.3, 0.4) is 0 Å². The number of methoxy groups -OCH3 is 1. The molecule has 0 unspecified atom stereocenters. The molecule has 0 aliphatic rings. The van der Waals surface area contributed by atoms with Crippen LogP contribution in [0.2, 0.25) is 0 Å². The molecule has 0 bridgehead atoms. The first kappa shape index (κ1) is 13.4. The minimum absolute atomic E-state index is 0.147. The van der Waals surface area contributed by atoms with Gasteiger partial charge in [0.2, 0.25) is 0 Å². The molecule has 0 saturated carbocycles. The van der Waals surface area contributed by atoms with Gasteiger partial charge in [0.1, 0.15) is 5.75 Å². The van der Waals surface area contributed by atoms with Gasteiger partial charge >= 0.3 is 0 Å². The Morgan fingerprint density at radius 1 is 1.11 bits per heavy atom. The van der Waals surface area contributed by atoms with Crippen molar-refractivity contribution in [2.45, 2.75) is 5.88 Å². The second kappa shape index (κ2) is 6.25. The zero-order chi connectivity index (χ0) is 13.7. The van der Waals surface area contributed by atoms with Crippen molar-refractivity contribution < 1.29 is 9.53 Å². The highest BCUT2D eigenvalue weighted by molar-refractivity contribution is 6.17. The van der Waals surface area contributed by atoms with E-state index in [4.69, 9.17) is 16.3 Å². The Kier molecular flexibility index (Phi) is 4.42. The molecule has 2 aromatic carbocycles. The standard InChI is InChI=1S/C15H14ClNO2/c1-19-14-8-6-13(7-9-14)17-15(18)12-4-2-11(10-16)3-5-12/h2-9H,10H2,1H3,(H,17,18). The molecule has 0 radical (unpaired) electrons. The van der Waals surface area contributed by atoms with E-state index < -0.39 is 0 Å². The second-order valence-electron chi connectivity index (χ2n) is 4.01. The SMILES string of the molecule is COc1ccc(NC(=O)c2ccc(CCl)cc2)cc1. The number of rotatable bonds is 4. The first-order valence-electron chi connectivity index (χ1n) is 5.83. The number of anilines is 1. The average Bonchev–Trinajstić information content (AvgIpc) is 2.48. The first-order chi connectivity index (χ1) is 9.22. The van der Waals surface area contributed by atoms with E-state index in [1.807, 2.05) is 12.1 Å². The van der Waals surface area contributed by atoms with Crippen LogP contribution in [0.15, 0.2) is 48.5 Å². The number of hydrogen-bond donors (Lipinski definition) is 1.